The van der Waals surface area contributed by atoms with Gasteiger partial charge in [-0.1, -0.05) is 15.9 Å². The van der Waals surface area contributed by atoms with Crippen molar-refractivity contribution in [3.8, 4) is 5.75 Å². The number of benzene rings is 1. The second-order valence-corrected chi connectivity index (χ2v) is 6.99. The van der Waals surface area contributed by atoms with Gasteiger partial charge in [-0.05, 0) is 56.5 Å². The molecule has 118 valence electrons. The molecule has 21 heavy (non-hydrogen) atoms. The fourth-order valence-electron chi connectivity index (χ4n) is 3.58. The third-order valence-electron chi connectivity index (χ3n) is 4.74. The van der Waals surface area contributed by atoms with Crippen molar-refractivity contribution in [3.63, 3.8) is 0 Å². The third-order valence-corrected chi connectivity index (χ3v) is 5.52. The van der Waals surface area contributed by atoms with E-state index in [0.717, 1.165) is 24.4 Å². The molecule has 2 saturated heterocycles. The summed E-state index contributed by atoms with van der Waals surface area (Å²) < 4.78 is 6.50. The van der Waals surface area contributed by atoms with Crippen molar-refractivity contribution in [2.75, 3.05) is 14.2 Å². The van der Waals surface area contributed by atoms with E-state index in [1.165, 1.54) is 35.7 Å². The molecule has 2 aliphatic rings. The molecule has 2 aliphatic heterocycles. The van der Waals surface area contributed by atoms with Crippen LogP contribution in [0.4, 0.5) is 0 Å². The number of fused-ring (bicyclic) bond motifs is 2. The summed E-state index contributed by atoms with van der Waals surface area (Å²) in [4.78, 5) is 2.51. The van der Waals surface area contributed by atoms with Gasteiger partial charge in [-0.25, -0.2) is 0 Å². The molecular weight excluding hydrogens is 352 g/mol. The van der Waals surface area contributed by atoms with E-state index in [0.29, 0.717) is 6.04 Å². The number of hydrogen-bond donors (Lipinski definition) is 1. The van der Waals surface area contributed by atoms with Gasteiger partial charge in [0, 0.05) is 29.1 Å². The average molecular weight is 376 g/mol. The van der Waals surface area contributed by atoms with Crippen molar-refractivity contribution in [2.45, 2.75) is 50.4 Å². The van der Waals surface area contributed by atoms with E-state index in [2.05, 4.69) is 45.3 Å². The summed E-state index contributed by atoms with van der Waals surface area (Å²) in [5, 5.41) is 3.71. The lowest BCUT2D eigenvalue weighted by Gasteiger charge is -2.35. The van der Waals surface area contributed by atoms with Gasteiger partial charge in [0.15, 0.2) is 0 Å². The molecule has 3 rings (SSSR count). The zero-order valence-corrected chi connectivity index (χ0v) is 15.0. The van der Waals surface area contributed by atoms with E-state index < -0.39 is 0 Å². The predicted molar refractivity (Wildman–Crippen MR) is 92.4 cm³/mol. The maximum atomic E-state index is 5.33. The second-order valence-electron chi connectivity index (χ2n) is 6.14. The number of ether oxygens (including phenoxy) is 1. The Kier molecular flexibility index (Phi) is 5.95. The van der Waals surface area contributed by atoms with Crippen molar-refractivity contribution in [2.24, 2.45) is 0 Å². The third kappa shape index (κ3) is 3.92. The van der Waals surface area contributed by atoms with Crippen LogP contribution in [0.5, 0.6) is 5.75 Å². The van der Waals surface area contributed by atoms with E-state index in [1.54, 1.807) is 7.11 Å². The molecule has 0 amide bonds. The Morgan fingerprint density at radius 2 is 1.95 bits per heavy atom. The van der Waals surface area contributed by atoms with Crippen molar-refractivity contribution >= 4 is 28.3 Å². The van der Waals surface area contributed by atoms with Crippen molar-refractivity contribution in [3.05, 3.63) is 28.2 Å². The van der Waals surface area contributed by atoms with E-state index in [1.807, 2.05) is 6.07 Å². The molecule has 3 nitrogen and oxygen atoms in total. The van der Waals surface area contributed by atoms with Crippen LogP contribution in [0.2, 0.25) is 0 Å². The molecule has 0 radical (unpaired) electrons. The largest absolute Gasteiger partial charge is 0.497 e. The smallest absolute Gasteiger partial charge is 0.119 e. The highest BCUT2D eigenvalue weighted by molar-refractivity contribution is 9.10. The molecule has 2 bridgehead atoms. The first-order valence-electron chi connectivity index (χ1n) is 7.44. The summed E-state index contributed by atoms with van der Waals surface area (Å²) in [6.07, 6.45) is 5.29. The normalized spacial score (nSPS) is 27.5. The topological polar surface area (TPSA) is 24.5 Å². The summed E-state index contributed by atoms with van der Waals surface area (Å²) in [6.45, 7) is 0.974. The lowest BCUT2D eigenvalue weighted by atomic mass is 9.98. The van der Waals surface area contributed by atoms with Gasteiger partial charge in [-0.15, -0.1) is 12.4 Å². The minimum Gasteiger partial charge on any atom is -0.497 e. The zero-order chi connectivity index (χ0) is 14.1. The number of halogens is 2. The first-order chi connectivity index (χ1) is 9.65. The molecule has 0 saturated carbocycles. The molecule has 2 atom stereocenters. The highest BCUT2D eigenvalue weighted by atomic mass is 79.9. The van der Waals surface area contributed by atoms with Crippen LogP contribution >= 0.6 is 28.3 Å². The molecule has 5 heteroatoms. The number of piperidine rings is 1. The molecule has 2 heterocycles. The highest BCUT2D eigenvalue weighted by Gasteiger charge is 2.35. The zero-order valence-electron chi connectivity index (χ0n) is 12.6. The molecule has 1 N–H and O–H groups in total. The predicted octanol–water partition coefficient (Wildman–Crippen LogP) is 3.59. The molecular formula is C16H24BrClN2O. The van der Waals surface area contributed by atoms with Crippen LogP contribution in [-0.2, 0) is 6.54 Å². The fourth-order valence-corrected chi connectivity index (χ4v) is 3.96. The first-order valence-corrected chi connectivity index (χ1v) is 8.23. The van der Waals surface area contributed by atoms with Crippen LogP contribution in [0.3, 0.4) is 0 Å². The molecule has 2 fully saturated rings. The number of rotatable bonds is 4. The van der Waals surface area contributed by atoms with Gasteiger partial charge in [0.05, 0.1) is 7.11 Å². The minimum atomic E-state index is 0. The Morgan fingerprint density at radius 1 is 1.29 bits per heavy atom. The van der Waals surface area contributed by atoms with Crippen LogP contribution in [0, 0.1) is 0 Å². The van der Waals surface area contributed by atoms with Crippen LogP contribution < -0.4 is 10.1 Å². The lowest BCUT2D eigenvalue weighted by Crippen LogP contribution is -2.46. The molecule has 2 unspecified atom stereocenters. The fraction of sp³-hybridized carbons (Fsp3) is 0.625. The SMILES string of the molecule is COc1ccc(Br)c(CN(C)C2CC3CCC(C2)N3)c1.Cl. The van der Waals surface area contributed by atoms with Crippen LogP contribution in [0.25, 0.3) is 0 Å². The molecule has 1 aromatic carbocycles. The Morgan fingerprint density at radius 3 is 2.57 bits per heavy atom. The van der Waals surface area contributed by atoms with Gasteiger partial charge < -0.3 is 10.1 Å². The van der Waals surface area contributed by atoms with Gasteiger partial charge in [0.1, 0.15) is 5.75 Å². The quantitative estimate of drug-likeness (QED) is 0.870. The van der Waals surface area contributed by atoms with Gasteiger partial charge in [-0.3, -0.25) is 4.90 Å². The minimum absolute atomic E-state index is 0. The maximum absolute atomic E-state index is 5.33. The average Bonchev–Trinajstić information content (AvgIpc) is 2.79. The summed E-state index contributed by atoms with van der Waals surface area (Å²) in [7, 11) is 3.97. The van der Waals surface area contributed by atoms with E-state index in [-0.39, 0.29) is 12.4 Å². The van der Waals surface area contributed by atoms with Gasteiger partial charge in [0.25, 0.3) is 0 Å². The van der Waals surface area contributed by atoms with Crippen molar-refractivity contribution < 1.29 is 4.74 Å². The summed E-state index contributed by atoms with van der Waals surface area (Å²) in [5.74, 6) is 0.932. The summed E-state index contributed by atoms with van der Waals surface area (Å²) in [5.41, 5.74) is 1.30. The van der Waals surface area contributed by atoms with Gasteiger partial charge >= 0.3 is 0 Å². The van der Waals surface area contributed by atoms with Gasteiger partial charge in [0.2, 0.25) is 0 Å². The molecule has 0 aromatic heterocycles. The van der Waals surface area contributed by atoms with Crippen molar-refractivity contribution in [1.82, 2.24) is 10.2 Å². The van der Waals surface area contributed by atoms with Crippen LogP contribution in [-0.4, -0.2) is 37.2 Å². The Balaban J connectivity index is 0.00000161. The Bertz CT molecular complexity index is 473. The standard InChI is InChI=1S/C16H23BrN2O.ClH/c1-19(14-8-12-3-4-13(9-14)18-12)10-11-7-15(20-2)5-6-16(11)17;/h5-7,12-14,18H,3-4,8-10H2,1-2H3;1H. The monoisotopic (exact) mass is 374 g/mol. The van der Waals surface area contributed by atoms with Crippen molar-refractivity contribution in [1.29, 1.82) is 0 Å². The van der Waals surface area contributed by atoms with E-state index >= 15 is 0 Å². The van der Waals surface area contributed by atoms with Crippen LogP contribution in [0.15, 0.2) is 22.7 Å². The number of nitrogens with one attached hydrogen (secondary N) is 1. The summed E-state index contributed by atoms with van der Waals surface area (Å²) >= 11 is 3.65. The Labute approximate surface area is 142 Å². The second kappa shape index (κ2) is 7.32. The van der Waals surface area contributed by atoms with Gasteiger partial charge in [-0.2, -0.15) is 0 Å². The molecule has 0 spiro atoms. The van der Waals surface area contributed by atoms with E-state index in [4.69, 9.17) is 4.74 Å². The maximum Gasteiger partial charge on any atom is 0.119 e. The lowest BCUT2D eigenvalue weighted by molar-refractivity contribution is 0.165. The first kappa shape index (κ1) is 17.1. The van der Waals surface area contributed by atoms with E-state index in [9.17, 15) is 0 Å². The number of hydrogen-bond acceptors (Lipinski definition) is 3. The Hall–Kier alpha value is -0.290. The van der Waals surface area contributed by atoms with Crippen LogP contribution in [0.1, 0.15) is 31.2 Å². The number of methoxy groups -OCH3 is 1. The molecule has 0 aliphatic carbocycles. The number of nitrogens with zero attached hydrogens (tertiary/aromatic N) is 1. The molecule has 1 aromatic rings. The highest BCUT2D eigenvalue weighted by Crippen LogP contribution is 2.31. The summed E-state index contributed by atoms with van der Waals surface area (Å²) in [6, 6.07) is 8.40.